The van der Waals surface area contributed by atoms with Gasteiger partial charge < -0.3 is 14.5 Å². The molecule has 0 unspecified atom stereocenters. The molecule has 1 saturated carbocycles. The van der Waals surface area contributed by atoms with Crippen LogP contribution in [-0.2, 0) is 16.1 Å². The van der Waals surface area contributed by atoms with Gasteiger partial charge in [-0.25, -0.2) is 9.59 Å². The van der Waals surface area contributed by atoms with Gasteiger partial charge >= 0.3 is 12.1 Å². The molecular formula is C19H23N3O4. The van der Waals surface area contributed by atoms with E-state index in [1.54, 1.807) is 9.80 Å². The van der Waals surface area contributed by atoms with E-state index >= 15 is 0 Å². The number of hydrogen-bond donors (Lipinski definition) is 0. The number of imide groups is 1. The molecular weight excluding hydrogens is 334 g/mol. The molecule has 0 spiro atoms. The first-order valence-corrected chi connectivity index (χ1v) is 9.22. The number of amides is 4. The van der Waals surface area contributed by atoms with Crippen LogP contribution in [-0.4, -0.2) is 64.4 Å². The molecule has 26 heavy (non-hydrogen) atoms. The van der Waals surface area contributed by atoms with Crippen LogP contribution >= 0.6 is 0 Å². The fourth-order valence-electron chi connectivity index (χ4n) is 3.68. The maximum Gasteiger partial charge on any atom is 0.410 e. The minimum Gasteiger partial charge on any atom is -0.445 e. The first-order chi connectivity index (χ1) is 12.6. The first-order valence-electron chi connectivity index (χ1n) is 9.22. The molecule has 0 N–H and O–H groups in total. The molecule has 7 nitrogen and oxygen atoms in total. The standard InChI is InChI=1S/C19H23N3O4/c23-17-12-21(18(24)22(17)16-6-7-16)15-8-10-20(11-9-15)19(25)26-13-14-4-2-1-3-5-14/h1-5,15-16H,6-13H2. The number of nitrogens with zero attached hydrogens (tertiary/aromatic N) is 3. The van der Waals surface area contributed by atoms with Crippen molar-refractivity contribution in [3.63, 3.8) is 0 Å². The Kier molecular flexibility index (Phi) is 4.53. The van der Waals surface area contributed by atoms with Gasteiger partial charge in [-0.15, -0.1) is 0 Å². The summed E-state index contributed by atoms with van der Waals surface area (Å²) in [7, 11) is 0. The van der Waals surface area contributed by atoms with E-state index in [0.29, 0.717) is 25.9 Å². The number of rotatable bonds is 4. The Balaban J connectivity index is 1.27. The van der Waals surface area contributed by atoms with Crippen molar-refractivity contribution in [2.45, 2.75) is 44.4 Å². The Labute approximate surface area is 152 Å². The summed E-state index contributed by atoms with van der Waals surface area (Å²) in [6.07, 6.45) is 2.89. The molecule has 0 bridgehead atoms. The summed E-state index contributed by atoms with van der Waals surface area (Å²) in [6.45, 7) is 1.52. The van der Waals surface area contributed by atoms with E-state index < -0.39 is 0 Å². The quantitative estimate of drug-likeness (QED) is 0.775. The lowest BCUT2D eigenvalue weighted by Gasteiger charge is -2.35. The summed E-state index contributed by atoms with van der Waals surface area (Å²) in [6, 6.07) is 9.57. The van der Waals surface area contributed by atoms with Crippen molar-refractivity contribution in [3.05, 3.63) is 35.9 Å². The van der Waals surface area contributed by atoms with Crippen molar-refractivity contribution in [2.24, 2.45) is 0 Å². The maximum atomic E-state index is 12.5. The number of ether oxygens (including phenoxy) is 1. The SMILES string of the molecule is O=C(OCc1ccccc1)N1CCC(N2CC(=O)N(C3CC3)C2=O)CC1. The molecule has 1 aliphatic carbocycles. The van der Waals surface area contributed by atoms with E-state index in [-0.39, 0.29) is 43.3 Å². The third kappa shape index (κ3) is 3.38. The van der Waals surface area contributed by atoms with Crippen LogP contribution in [0.1, 0.15) is 31.2 Å². The number of benzene rings is 1. The number of carbonyl (C=O) groups is 3. The van der Waals surface area contributed by atoms with E-state index in [0.717, 1.165) is 18.4 Å². The average molecular weight is 357 g/mol. The van der Waals surface area contributed by atoms with E-state index in [4.69, 9.17) is 4.74 Å². The van der Waals surface area contributed by atoms with Gasteiger partial charge in [0.25, 0.3) is 5.91 Å². The molecule has 1 aromatic rings. The third-order valence-electron chi connectivity index (χ3n) is 5.31. The molecule has 7 heteroatoms. The Morgan fingerprint density at radius 2 is 1.69 bits per heavy atom. The van der Waals surface area contributed by atoms with Crippen molar-refractivity contribution < 1.29 is 19.1 Å². The number of carbonyl (C=O) groups excluding carboxylic acids is 3. The van der Waals surface area contributed by atoms with Crippen molar-refractivity contribution in [3.8, 4) is 0 Å². The van der Waals surface area contributed by atoms with Gasteiger partial charge in [0.05, 0.1) is 0 Å². The molecule has 2 heterocycles. The van der Waals surface area contributed by atoms with E-state index in [1.165, 1.54) is 4.90 Å². The van der Waals surface area contributed by atoms with E-state index in [9.17, 15) is 14.4 Å². The van der Waals surface area contributed by atoms with Gasteiger partial charge in [-0.05, 0) is 31.2 Å². The molecule has 4 rings (SSSR count). The topological polar surface area (TPSA) is 70.2 Å². The van der Waals surface area contributed by atoms with Gasteiger partial charge in [-0.3, -0.25) is 9.69 Å². The van der Waals surface area contributed by atoms with E-state index in [2.05, 4.69) is 0 Å². The van der Waals surface area contributed by atoms with Gasteiger partial charge in [0.2, 0.25) is 0 Å². The summed E-state index contributed by atoms with van der Waals surface area (Å²) < 4.78 is 5.37. The molecule has 0 atom stereocenters. The molecule has 2 saturated heterocycles. The second-order valence-electron chi connectivity index (χ2n) is 7.16. The van der Waals surface area contributed by atoms with E-state index in [1.807, 2.05) is 30.3 Å². The van der Waals surface area contributed by atoms with Crippen LogP contribution in [0.3, 0.4) is 0 Å². The molecule has 138 valence electrons. The summed E-state index contributed by atoms with van der Waals surface area (Å²) >= 11 is 0. The summed E-state index contributed by atoms with van der Waals surface area (Å²) in [4.78, 5) is 41.6. The minimum atomic E-state index is -0.323. The zero-order valence-corrected chi connectivity index (χ0v) is 14.7. The number of likely N-dealkylation sites (tertiary alicyclic amines) is 1. The Hall–Kier alpha value is -2.57. The van der Waals surface area contributed by atoms with Gasteiger partial charge in [0.1, 0.15) is 13.2 Å². The highest BCUT2D eigenvalue weighted by atomic mass is 16.6. The Morgan fingerprint density at radius 3 is 2.35 bits per heavy atom. The van der Waals surface area contributed by atoms with Crippen LogP contribution in [0.25, 0.3) is 0 Å². The normalized spacial score (nSPS) is 21.5. The van der Waals surface area contributed by atoms with Gasteiger partial charge in [-0.1, -0.05) is 30.3 Å². The summed E-state index contributed by atoms with van der Waals surface area (Å²) in [5.74, 6) is -0.0813. The molecule has 1 aromatic carbocycles. The van der Waals surface area contributed by atoms with Crippen LogP contribution in [0.5, 0.6) is 0 Å². The molecule has 2 aliphatic heterocycles. The average Bonchev–Trinajstić information content (AvgIpc) is 3.45. The van der Waals surface area contributed by atoms with Crippen LogP contribution in [0.15, 0.2) is 30.3 Å². The largest absolute Gasteiger partial charge is 0.445 e. The minimum absolute atomic E-state index is 0.0216. The molecule has 0 aromatic heterocycles. The highest BCUT2D eigenvalue weighted by molar-refractivity contribution is 6.02. The maximum absolute atomic E-state index is 12.5. The second-order valence-corrected chi connectivity index (χ2v) is 7.16. The summed E-state index contributed by atoms with van der Waals surface area (Å²) in [5, 5.41) is 0. The van der Waals surface area contributed by atoms with Crippen molar-refractivity contribution in [1.82, 2.24) is 14.7 Å². The van der Waals surface area contributed by atoms with Crippen LogP contribution < -0.4 is 0 Å². The third-order valence-corrected chi connectivity index (χ3v) is 5.31. The van der Waals surface area contributed by atoms with Crippen molar-refractivity contribution in [1.29, 1.82) is 0 Å². The molecule has 4 amide bonds. The second kappa shape index (κ2) is 6.97. The highest BCUT2D eigenvalue weighted by Crippen LogP contribution is 2.32. The summed E-state index contributed by atoms with van der Waals surface area (Å²) in [5.41, 5.74) is 0.956. The van der Waals surface area contributed by atoms with Gasteiger partial charge in [-0.2, -0.15) is 0 Å². The molecule has 3 aliphatic rings. The van der Waals surface area contributed by atoms with Gasteiger partial charge in [0, 0.05) is 25.2 Å². The van der Waals surface area contributed by atoms with Crippen LogP contribution in [0.4, 0.5) is 9.59 Å². The lowest BCUT2D eigenvalue weighted by atomic mass is 10.0. The van der Waals surface area contributed by atoms with Crippen LogP contribution in [0, 0.1) is 0 Å². The first kappa shape index (κ1) is 16.9. The van der Waals surface area contributed by atoms with Gasteiger partial charge in [0.15, 0.2) is 0 Å². The monoisotopic (exact) mass is 357 g/mol. The molecule has 0 radical (unpaired) electrons. The number of urea groups is 1. The Bertz CT molecular complexity index is 696. The fraction of sp³-hybridized carbons (Fsp3) is 0.526. The predicted octanol–water partition coefficient (Wildman–Crippen LogP) is 2.21. The fourth-order valence-corrected chi connectivity index (χ4v) is 3.68. The predicted molar refractivity (Wildman–Crippen MR) is 93.2 cm³/mol. The Morgan fingerprint density at radius 1 is 1.00 bits per heavy atom. The highest BCUT2D eigenvalue weighted by Gasteiger charge is 2.47. The number of piperidine rings is 1. The lowest BCUT2D eigenvalue weighted by molar-refractivity contribution is -0.125. The zero-order valence-electron chi connectivity index (χ0n) is 14.7. The van der Waals surface area contributed by atoms with Crippen LogP contribution in [0.2, 0.25) is 0 Å². The van der Waals surface area contributed by atoms with Crippen molar-refractivity contribution in [2.75, 3.05) is 19.6 Å². The number of hydrogen-bond acceptors (Lipinski definition) is 4. The smallest absolute Gasteiger partial charge is 0.410 e. The van der Waals surface area contributed by atoms with Crippen molar-refractivity contribution >= 4 is 18.0 Å². The lowest BCUT2D eigenvalue weighted by Crippen LogP contribution is -2.48. The molecule has 3 fully saturated rings. The zero-order chi connectivity index (χ0) is 18.1.